The third-order valence-electron chi connectivity index (χ3n) is 3.16. The SMILES string of the molecule is CC(NCc1ccccc1)(C(N)=O)c1ccccn1. The first-order valence-corrected chi connectivity index (χ1v) is 6.13. The summed E-state index contributed by atoms with van der Waals surface area (Å²) in [5.41, 5.74) is 6.26. The first-order valence-electron chi connectivity index (χ1n) is 6.13. The molecule has 98 valence electrons. The van der Waals surface area contributed by atoms with Gasteiger partial charge >= 0.3 is 0 Å². The van der Waals surface area contributed by atoms with E-state index in [-0.39, 0.29) is 0 Å². The summed E-state index contributed by atoms with van der Waals surface area (Å²) in [5, 5.41) is 3.19. The van der Waals surface area contributed by atoms with Crippen molar-refractivity contribution < 1.29 is 4.79 Å². The van der Waals surface area contributed by atoms with Gasteiger partial charge in [-0.3, -0.25) is 15.1 Å². The lowest BCUT2D eigenvalue weighted by molar-refractivity contribution is -0.124. The van der Waals surface area contributed by atoms with Gasteiger partial charge in [0.05, 0.1) is 5.69 Å². The van der Waals surface area contributed by atoms with Gasteiger partial charge in [0.2, 0.25) is 5.91 Å². The second-order valence-corrected chi connectivity index (χ2v) is 4.54. The molecule has 1 aromatic carbocycles. The van der Waals surface area contributed by atoms with Crippen LogP contribution in [0.3, 0.4) is 0 Å². The molecule has 3 N–H and O–H groups in total. The summed E-state index contributed by atoms with van der Waals surface area (Å²) < 4.78 is 0. The number of amides is 1. The van der Waals surface area contributed by atoms with Crippen LogP contribution in [0.4, 0.5) is 0 Å². The van der Waals surface area contributed by atoms with E-state index in [9.17, 15) is 4.79 Å². The summed E-state index contributed by atoms with van der Waals surface area (Å²) >= 11 is 0. The maximum atomic E-state index is 11.8. The van der Waals surface area contributed by atoms with Crippen LogP contribution < -0.4 is 11.1 Å². The number of carbonyl (C=O) groups excluding carboxylic acids is 1. The fraction of sp³-hybridized carbons (Fsp3) is 0.200. The highest BCUT2D eigenvalue weighted by Gasteiger charge is 2.33. The number of rotatable bonds is 5. The lowest BCUT2D eigenvalue weighted by Crippen LogP contribution is -2.50. The molecule has 0 aliphatic carbocycles. The van der Waals surface area contributed by atoms with Crippen LogP contribution in [-0.4, -0.2) is 10.9 Å². The largest absolute Gasteiger partial charge is 0.368 e. The van der Waals surface area contributed by atoms with Crippen molar-refractivity contribution in [1.29, 1.82) is 0 Å². The van der Waals surface area contributed by atoms with E-state index in [1.807, 2.05) is 42.5 Å². The molecule has 0 bridgehead atoms. The average molecular weight is 255 g/mol. The van der Waals surface area contributed by atoms with E-state index in [1.165, 1.54) is 0 Å². The molecule has 0 saturated heterocycles. The molecule has 0 fully saturated rings. The molecule has 0 saturated carbocycles. The molecule has 1 amide bonds. The van der Waals surface area contributed by atoms with Gasteiger partial charge in [-0.15, -0.1) is 0 Å². The molecule has 19 heavy (non-hydrogen) atoms. The number of primary amides is 1. The maximum Gasteiger partial charge on any atom is 0.243 e. The monoisotopic (exact) mass is 255 g/mol. The van der Waals surface area contributed by atoms with Gasteiger partial charge in [0.25, 0.3) is 0 Å². The summed E-state index contributed by atoms with van der Waals surface area (Å²) in [6.45, 7) is 2.30. The lowest BCUT2D eigenvalue weighted by Gasteiger charge is -2.27. The second kappa shape index (κ2) is 5.63. The van der Waals surface area contributed by atoms with Gasteiger partial charge in [-0.1, -0.05) is 36.4 Å². The van der Waals surface area contributed by atoms with Crippen molar-refractivity contribution in [2.45, 2.75) is 19.0 Å². The third kappa shape index (κ3) is 2.98. The van der Waals surface area contributed by atoms with E-state index in [0.29, 0.717) is 12.2 Å². The summed E-state index contributed by atoms with van der Waals surface area (Å²) in [5.74, 6) is -0.442. The minimum atomic E-state index is -0.975. The van der Waals surface area contributed by atoms with Crippen LogP contribution in [0, 0.1) is 0 Å². The molecule has 2 aromatic rings. The Bertz CT molecular complexity index is 542. The molecule has 1 unspecified atom stereocenters. The zero-order valence-electron chi connectivity index (χ0n) is 10.8. The van der Waals surface area contributed by atoms with Crippen LogP contribution >= 0.6 is 0 Å². The fourth-order valence-electron chi connectivity index (χ4n) is 1.84. The van der Waals surface area contributed by atoms with Gasteiger partial charge < -0.3 is 5.73 Å². The topological polar surface area (TPSA) is 68.0 Å². The molecule has 2 rings (SSSR count). The predicted octanol–water partition coefficient (Wildman–Crippen LogP) is 1.57. The molecule has 0 aliphatic rings. The molecule has 4 heteroatoms. The van der Waals surface area contributed by atoms with Crippen molar-refractivity contribution in [3.63, 3.8) is 0 Å². The summed E-state index contributed by atoms with van der Waals surface area (Å²) in [7, 11) is 0. The van der Waals surface area contributed by atoms with Crippen molar-refractivity contribution >= 4 is 5.91 Å². The van der Waals surface area contributed by atoms with Gasteiger partial charge in [-0.2, -0.15) is 0 Å². The Morgan fingerprint density at radius 2 is 1.89 bits per heavy atom. The van der Waals surface area contributed by atoms with Crippen LogP contribution in [-0.2, 0) is 16.9 Å². The number of pyridine rings is 1. The fourth-order valence-corrected chi connectivity index (χ4v) is 1.84. The van der Waals surface area contributed by atoms with Crippen LogP contribution in [0.15, 0.2) is 54.7 Å². The van der Waals surface area contributed by atoms with Gasteiger partial charge in [0.1, 0.15) is 5.54 Å². The summed E-state index contributed by atoms with van der Waals surface area (Å²) in [6, 6.07) is 15.3. The number of nitrogens with zero attached hydrogens (tertiary/aromatic N) is 1. The molecular formula is C15H17N3O. The van der Waals surface area contributed by atoms with Crippen LogP contribution in [0.1, 0.15) is 18.2 Å². The van der Waals surface area contributed by atoms with E-state index in [0.717, 1.165) is 5.56 Å². The summed E-state index contributed by atoms with van der Waals surface area (Å²) in [6.07, 6.45) is 1.65. The smallest absolute Gasteiger partial charge is 0.243 e. The molecule has 0 spiro atoms. The zero-order chi connectivity index (χ0) is 13.7. The highest BCUT2D eigenvalue weighted by Crippen LogP contribution is 2.18. The first kappa shape index (κ1) is 13.2. The molecule has 0 aliphatic heterocycles. The maximum absolute atomic E-state index is 11.8. The number of hydrogen-bond acceptors (Lipinski definition) is 3. The Balaban J connectivity index is 2.19. The van der Waals surface area contributed by atoms with E-state index in [2.05, 4.69) is 10.3 Å². The molecule has 1 atom stereocenters. The van der Waals surface area contributed by atoms with Crippen LogP contribution in [0.2, 0.25) is 0 Å². The molecule has 0 radical (unpaired) electrons. The molecular weight excluding hydrogens is 238 g/mol. The number of nitrogens with one attached hydrogen (secondary N) is 1. The van der Waals surface area contributed by atoms with Gasteiger partial charge in [0.15, 0.2) is 0 Å². The summed E-state index contributed by atoms with van der Waals surface area (Å²) in [4.78, 5) is 16.0. The minimum Gasteiger partial charge on any atom is -0.368 e. The van der Waals surface area contributed by atoms with Crippen molar-refractivity contribution in [1.82, 2.24) is 10.3 Å². The Morgan fingerprint density at radius 3 is 2.47 bits per heavy atom. The van der Waals surface area contributed by atoms with E-state index in [1.54, 1.807) is 19.2 Å². The predicted molar refractivity (Wildman–Crippen MR) is 74.1 cm³/mol. The highest BCUT2D eigenvalue weighted by atomic mass is 16.1. The number of carbonyl (C=O) groups is 1. The lowest BCUT2D eigenvalue weighted by atomic mass is 9.95. The van der Waals surface area contributed by atoms with Crippen LogP contribution in [0.25, 0.3) is 0 Å². The molecule has 4 nitrogen and oxygen atoms in total. The Kier molecular flexibility index (Phi) is 3.92. The number of aromatic nitrogens is 1. The van der Waals surface area contributed by atoms with E-state index < -0.39 is 11.4 Å². The number of hydrogen-bond donors (Lipinski definition) is 2. The number of nitrogens with two attached hydrogens (primary N) is 1. The van der Waals surface area contributed by atoms with Crippen molar-refractivity contribution in [3.8, 4) is 0 Å². The van der Waals surface area contributed by atoms with E-state index >= 15 is 0 Å². The average Bonchev–Trinajstić information content (AvgIpc) is 2.46. The van der Waals surface area contributed by atoms with Gasteiger partial charge in [-0.25, -0.2) is 0 Å². The van der Waals surface area contributed by atoms with Crippen molar-refractivity contribution in [3.05, 3.63) is 66.0 Å². The third-order valence-corrected chi connectivity index (χ3v) is 3.16. The Hall–Kier alpha value is -2.20. The van der Waals surface area contributed by atoms with Gasteiger partial charge in [-0.05, 0) is 24.6 Å². The van der Waals surface area contributed by atoms with Crippen LogP contribution in [0.5, 0.6) is 0 Å². The quantitative estimate of drug-likeness (QED) is 0.852. The Labute approximate surface area is 112 Å². The highest BCUT2D eigenvalue weighted by molar-refractivity contribution is 5.85. The molecule has 1 aromatic heterocycles. The van der Waals surface area contributed by atoms with E-state index in [4.69, 9.17) is 5.73 Å². The first-order chi connectivity index (χ1) is 9.13. The molecule has 1 heterocycles. The zero-order valence-corrected chi connectivity index (χ0v) is 10.8. The normalized spacial score (nSPS) is 13.7. The number of benzene rings is 1. The van der Waals surface area contributed by atoms with Crippen molar-refractivity contribution in [2.24, 2.45) is 5.73 Å². The minimum absolute atomic E-state index is 0.442. The second-order valence-electron chi connectivity index (χ2n) is 4.54. The standard InChI is InChI=1S/C15H17N3O/c1-15(14(16)19,13-9-5-6-10-17-13)18-11-12-7-3-2-4-8-12/h2-10,18H,11H2,1H3,(H2,16,19). The van der Waals surface area contributed by atoms with Crippen molar-refractivity contribution in [2.75, 3.05) is 0 Å². The Morgan fingerprint density at radius 1 is 1.21 bits per heavy atom. The van der Waals surface area contributed by atoms with Gasteiger partial charge in [0, 0.05) is 12.7 Å².